The summed E-state index contributed by atoms with van der Waals surface area (Å²) in [5, 5.41) is 8.29. The molecule has 0 radical (unpaired) electrons. The van der Waals surface area contributed by atoms with Crippen LogP contribution < -0.4 is 5.32 Å². The average Bonchev–Trinajstić information content (AvgIpc) is 2.92. The first-order chi connectivity index (χ1) is 8.31. The maximum Gasteiger partial charge on any atom is 0.0762 e. The fourth-order valence-electron chi connectivity index (χ4n) is 3.16. The highest BCUT2D eigenvalue weighted by Gasteiger charge is 2.24. The van der Waals surface area contributed by atoms with E-state index in [0.29, 0.717) is 6.04 Å². The third kappa shape index (κ3) is 2.54. The normalized spacial score (nSPS) is 29.5. The number of rotatable bonds is 4. The Morgan fingerprint density at radius 3 is 2.82 bits per heavy atom. The number of hydrogen-bond acceptors (Lipinski definition) is 2. The Labute approximate surface area is 104 Å². The van der Waals surface area contributed by atoms with Crippen LogP contribution in [0.25, 0.3) is 0 Å². The zero-order chi connectivity index (χ0) is 11.7. The van der Waals surface area contributed by atoms with Crippen molar-refractivity contribution in [2.75, 3.05) is 0 Å². The quantitative estimate of drug-likeness (QED) is 0.866. The van der Waals surface area contributed by atoms with Gasteiger partial charge in [0.1, 0.15) is 0 Å². The molecule has 2 saturated carbocycles. The maximum atomic E-state index is 4.70. The van der Waals surface area contributed by atoms with Crippen LogP contribution in [0.3, 0.4) is 0 Å². The molecule has 0 bridgehead atoms. The number of hydrogen-bond donors (Lipinski definition) is 1. The van der Waals surface area contributed by atoms with Gasteiger partial charge in [0.05, 0.1) is 11.7 Å². The summed E-state index contributed by atoms with van der Waals surface area (Å²) in [7, 11) is 0. The summed E-state index contributed by atoms with van der Waals surface area (Å²) in [6, 6.07) is 3.59. The second-order valence-electron chi connectivity index (χ2n) is 5.88. The monoisotopic (exact) mass is 233 g/mol. The molecule has 1 aromatic rings. The summed E-state index contributed by atoms with van der Waals surface area (Å²) < 4.78 is 2.19. The van der Waals surface area contributed by atoms with Crippen molar-refractivity contribution >= 4 is 0 Å². The molecule has 2 fully saturated rings. The Morgan fingerprint density at radius 2 is 2.12 bits per heavy atom. The molecule has 2 aliphatic carbocycles. The highest BCUT2D eigenvalue weighted by atomic mass is 15.3. The van der Waals surface area contributed by atoms with Crippen molar-refractivity contribution in [1.82, 2.24) is 15.1 Å². The Balaban J connectivity index is 1.50. The van der Waals surface area contributed by atoms with Gasteiger partial charge in [0.15, 0.2) is 0 Å². The van der Waals surface area contributed by atoms with Gasteiger partial charge in [0.2, 0.25) is 0 Å². The van der Waals surface area contributed by atoms with Gasteiger partial charge in [-0.2, -0.15) is 5.10 Å². The number of nitrogens with zero attached hydrogens (tertiary/aromatic N) is 2. The Hall–Kier alpha value is -0.830. The summed E-state index contributed by atoms with van der Waals surface area (Å²) in [5.74, 6) is 0.920. The van der Waals surface area contributed by atoms with Gasteiger partial charge in [-0.1, -0.05) is 19.8 Å². The minimum atomic E-state index is 0.674. The molecule has 0 atom stereocenters. The molecule has 3 nitrogen and oxygen atoms in total. The minimum absolute atomic E-state index is 0.674. The molecule has 1 N–H and O–H groups in total. The third-order valence-corrected chi connectivity index (χ3v) is 4.31. The first-order valence-electron chi connectivity index (χ1n) is 7.08. The highest BCUT2D eigenvalue weighted by Crippen LogP contribution is 2.29. The number of nitrogens with one attached hydrogen (secondary N) is 1. The van der Waals surface area contributed by atoms with Gasteiger partial charge in [-0.15, -0.1) is 0 Å². The van der Waals surface area contributed by atoms with Crippen LogP contribution >= 0.6 is 0 Å². The zero-order valence-corrected chi connectivity index (χ0v) is 10.7. The molecule has 3 heteroatoms. The van der Waals surface area contributed by atoms with Crippen molar-refractivity contribution in [3.63, 3.8) is 0 Å². The Kier molecular flexibility index (Phi) is 3.19. The summed E-state index contributed by atoms with van der Waals surface area (Å²) in [4.78, 5) is 0. The summed E-state index contributed by atoms with van der Waals surface area (Å²) in [5.41, 5.74) is 1.21. The maximum absolute atomic E-state index is 4.70. The number of aromatic nitrogens is 2. The van der Waals surface area contributed by atoms with Crippen molar-refractivity contribution in [1.29, 1.82) is 0 Å². The molecule has 0 saturated heterocycles. The predicted octanol–water partition coefficient (Wildman–Crippen LogP) is 2.89. The van der Waals surface area contributed by atoms with Crippen molar-refractivity contribution < 1.29 is 0 Å². The molecule has 17 heavy (non-hydrogen) atoms. The summed E-state index contributed by atoms with van der Waals surface area (Å²) in [6.07, 6.45) is 10.2. The van der Waals surface area contributed by atoms with Crippen molar-refractivity contribution in [2.45, 2.75) is 64.1 Å². The molecule has 0 amide bonds. The Bertz CT molecular complexity index is 359. The lowest BCUT2D eigenvalue weighted by Crippen LogP contribution is -2.39. The van der Waals surface area contributed by atoms with E-state index in [1.54, 1.807) is 0 Å². The van der Waals surface area contributed by atoms with Gasteiger partial charge in [0, 0.05) is 18.8 Å². The van der Waals surface area contributed by atoms with Gasteiger partial charge in [-0.3, -0.25) is 4.68 Å². The smallest absolute Gasteiger partial charge is 0.0762 e. The fourth-order valence-corrected chi connectivity index (χ4v) is 3.16. The molecule has 2 aliphatic rings. The standard InChI is InChI=1S/C14H23N3/c1-11-8-13(9-11)15-10-12-6-7-17(16-12)14-4-2-3-5-14/h6-7,11,13-15H,2-5,8-10H2,1H3. The van der Waals surface area contributed by atoms with Gasteiger partial charge >= 0.3 is 0 Å². The molecule has 94 valence electrons. The largest absolute Gasteiger partial charge is 0.308 e. The molecule has 0 aliphatic heterocycles. The lowest BCUT2D eigenvalue weighted by molar-refractivity contribution is 0.239. The van der Waals surface area contributed by atoms with Gasteiger partial charge in [-0.05, 0) is 37.7 Å². The van der Waals surface area contributed by atoms with Gasteiger partial charge in [0.25, 0.3) is 0 Å². The molecule has 0 aromatic carbocycles. The van der Waals surface area contributed by atoms with E-state index in [-0.39, 0.29) is 0 Å². The summed E-state index contributed by atoms with van der Waals surface area (Å²) in [6.45, 7) is 3.27. The molecule has 1 aromatic heterocycles. The van der Waals surface area contributed by atoms with E-state index in [1.165, 1.54) is 44.2 Å². The van der Waals surface area contributed by atoms with Crippen molar-refractivity contribution in [3.05, 3.63) is 18.0 Å². The Morgan fingerprint density at radius 1 is 1.35 bits per heavy atom. The van der Waals surface area contributed by atoms with Crippen LogP contribution in [0.4, 0.5) is 0 Å². The van der Waals surface area contributed by atoms with Gasteiger partial charge < -0.3 is 5.32 Å². The van der Waals surface area contributed by atoms with Crippen molar-refractivity contribution in [2.24, 2.45) is 5.92 Å². The van der Waals surface area contributed by atoms with Crippen LogP contribution in [0, 0.1) is 5.92 Å². The van der Waals surface area contributed by atoms with Crippen molar-refractivity contribution in [3.8, 4) is 0 Å². The highest BCUT2D eigenvalue weighted by molar-refractivity contribution is 5.00. The van der Waals surface area contributed by atoms with E-state index in [0.717, 1.165) is 18.5 Å². The van der Waals surface area contributed by atoms with E-state index in [2.05, 4.69) is 29.2 Å². The molecular formula is C14H23N3. The van der Waals surface area contributed by atoms with E-state index in [9.17, 15) is 0 Å². The van der Waals surface area contributed by atoms with E-state index < -0.39 is 0 Å². The van der Waals surface area contributed by atoms with E-state index in [1.807, 2.05) is 0 Å². The molecule has 1 heterocycles. The molecular weight excluding hydrogens is 210 g/mol. The fraction of sp³-hybridized carbons (Fsp3) is 0.786. The SMILES string of the molecule is CC1CC(NCc2ccn(C3CCCC3)n2)C1. The summed E-state index contributed by atoms with van der Waals surface area (Å²) >= 11 is 0. The van der Waals surface area contributed by atoms with Crippen LogP contribution in [-0.2, 0) is 6.54 Å². The first-order valence-corrected chi connectivity index (χ1v) is 7.08. The van der Waals surface area contributed by atoms with Crippen LogP contribution in [0.15, 0.2) is 12.3 Å². The topological polar surface area (TPSA) is 29.9 Å². The van der Waals surface area contributed by atoms with Crippen LogP contribution in [-0.4, -0.2) is 15.8 Å². The molecule has 3 rings (SSSR count). The first kappa shape index (κ1) is 11.3. The second-order valence-corrected chi connectivity index (χ2v) is 5.88. The third-order valence-electron chi connectivity index (χ3n) is 4.31. The predicted molar refractivity (Wildman–Crippen MR) is 68.8 cm³/mol. The lowest BCUT2D eigenvalue weighted by atomic mass is 9.82. The van der Waals surface area contributed by atoms with Crippen LogP contribution in [0.5, 0.6) is 0 Å². The van der Waals surface area contributed by atoms with Crippen LogP contribution in [0.2, 0.25) is 0 Å². The molecule has 0 unspecified atom stereocenters. The second kappa shape index (κ2) is 4.81. The van der Waals surface area contributed by atoms with E-state index >= 15 is 0 Å². The zero-order valence-electron chi connectivity index (χ0n) is 10.7. The van der Waals surface area contributed by atoms with E-state index in [4.69, 9.17) is 5.10 Å². The van der Waals surface area contributed by atoms with Gasteiger partial charge in [-0.25, -0.2) is 0 Å². The van der Waals surface area contributed by atoms with Crippen LogP contribution in [0.1, 0.15) is 57.2 Å². The average molecular weight is 233 g/mol. The lowest BCUT2D eigenvalue weighted by Gasteiger charge is -2.33. The molecule has 0 spiro atoms. The minimum Gasteiger partial charge on any atom is -0.308 e.